The monoisotopic (exact) mass is 437 g/mol. The molecule has 0 unspecified atom stereocenters. The minimum absolute atomic E-state index is 0.156. The zero-order valence-electron chi connectivity index (χ0n) is 16.7. The van der Waals surface area contributed by atoms with Crippen LogP contribution in [0.15, 0.2) is 77.9 Å². The molecular formula is C23H20ClN3O4. The smallest absolute Gasteiger partial charge is 0.271 e. The molecule has 8 heteroatoms. The first-order valence-corrected chi connectivity index (χ1v) is 9.67. The van der Waals surface area contributed by atoms with Gasteiger partial charge >= 0.3 is 0 Å². The molecule has 7 nitrogen and oxygen atoms in total. The molecule has 158 valence electrons. The van der Waals surface area contributed by atoms with E-state index in [9.17, 15) is 9.59 Å². The van der Waals surface area contributed by atoms with Crippen molar-refractivity contribution in [2.24, 2.45) is 5.10 Å². The second-order valence-corrected chi connectivity index (χ2v) is 6.72. The van der Waals surface area contributed by atoms with Crippen LogP contribution in [0.5, 0.6) is 11.5 Å². The van der Waals surface area contributed by atoms with Gasteiger partial charge in [-0.15, -0.1) is 0 Å². The van der Waals surface area contributed by atoms with Crippen molar-refractivity contribution >= 4 is 35.3 Å². The maximum Gasteiger partial charge on any atom is 0.271 e. The Bertz CT molecular complexity index is 1070. The van der Waals surface area contributed by atoms with Crippen LogP contribution >= 0.6 is 11.6 Å². The number of nitrogens with zero attached hydrogens (tertiary/aromatic N) is 1. The molecule has 0 aromatic heterocycles. The number of anilines is 1. The topological polar surface area (TPSA) is 89.0 Å². The summed E-state index contributed by atoms with van der Waals surface area (Å²) < 4.78 is 10.5. The van der Waals surface area contributed by atoms with Crippen LogP contribution in [0.25, 0.3) is 0 Å². The number of benzene rings is 3. The van der Waals surface area contributed by atoms with Crippen molar-refractivity contribution in [3.05, 3.63) is 88.9 Å². The second-order valence-electron chi connectivity index (χ2n) is 6.31. The lowest BCUT2D eigenvalue weighted by molar-refractivity contribution is -0.118. The summed E-state index contributed by atoms with van der Waals surface area (Å²) in [5.74, 6) is 0.542. The number of methoxy groups -OCH3 is 1. The van der Waals surface area contributed by atoms with E-state index in [0.717, 1.165) is 5.56 Å². The third kappa shape index (κ3) is 6.58. The summed E-state index contributed by atoms with van der Waals surface area (Å²) in [7, 11) is 1.56. The van der Waals surface area contributed by atoms with E-state index in [2.05, 4.69) is 15.8 Å². The number of para-hydroxylation sites is 1. The predicted octanol–water partition coefficient (Wildman–Crippen LogP) is 4.13. The first-order chi connectivity index (χ1) is 15.0. The van der Waals surface area contributed by atoms with Gasteiger partial charge in [-0.1, -0.05) is 23.7 Å². The lowest BCUT2D eigenvalue weighted by atomic mass is 10.2. The summed E-state index contributed by atoms with van der Waals surface area (Å²) in [5.41, 5.74) is 4.21. The quantitative estimate of drug-likeness (QED) is 0.409. The molecule has 0 radical (unpaired) electrons. The van der Waals surface area contributed by atoms with Gasteiger partial charge in [-0.2, -0.15) is 5.10 Å². The Kier molecular flexibility index (Phi) is 7.61. The lowest BCUT2D eigenvalue weighted by Gasteiger charge is -2.08. The van der Waals surface area contributed by atoms with Crippen molar-refractivity contribution in [1.82, 2.24) is 5.43 Å². The van der Waals surface area contributed by atoms with Gasteiger partial charge in [-0.25, -0.2) is 5.43 Å². The molecule has 2 N–H and O–H groups in total. The predicted molar refractivity (Wildman–Crippen MR) is 120 cm³/mol. The van der Waals surface area contributed by atoms with Crippen molar-refractivity contribution < 1.29 is 19.1 Å². The van der Waals surface area contributed by atoms with Crippen molar-refractivity contribution in [2.75, 3.05) is 19.0 Å². The van der Waals surface area contributed by atoms with Crippen LogP contribution < -0.4 is 20.2 Å². The van der Waals surface area contributed by atoms with Crippen LogP contribution in [-0.4, -0.2) is 31.7 Å². The third-order valence-electron chi connectivity index (χ3n) is 4.13. The zero-order chi connectivity index (χ0) is 22.1. The van der Waals surface area contributed by atoms with Crippen LogP contribution in [0.2, 0.25) is 5.02 Å². The van der Waals surface area contributed by atoms with Gasteiger partial charge in [0.25, 0.3) is 11.8 Å². The van der Waals surface area contributed by atoms with Crippen LogP contribution in [0.1, 0.15) is 15.9 Å². The molecular weight excluding hydrogens is 418 g/mol. The van der Waals surface area contributed by atoms with Gasteiger partial charge < -0.3 is 14.8 Å². The van der Waals surface area contributed by atoms with E-state index < -0.39 is 0 Å². The van der Waals surface area contributed by atoms with Gasteiger partial charge in [0.05, 0.1) is 24.0 Å². The molecule has 0 aliphatic heterocycles. The van der Waals surface area contributed by atoms with Gasteiger partial charge in [0.15, 0.2) is 6.61 Å². The SMILES string of the molecule is COc1ccc(C(=O)N/N=C/c2ccc(OCC(=O)Nc3ccccc3Cl)cc2)cc1. The largest absolute Gasteiger partial charge is 0.497 e. The van der Waals surface area contributed by atoms with E-state index in [1.54, 1.807) is 79.9 Å². The summed E-state index contributed by atoms with van der Waals surface area (Å²) in [4.78, 5) is 24.1. The summed E-state index contributed by atoms with van der Waals surface area (Å²) in [6, 6.07) is 20.6. The first kappa shape index (κ1) is 21.9. The molecule has 3 rings (SSSR count). The number of carbonyl (C=O) groups is 2. The molecule has 0 atom stereocenters. The molecule has 2 amide bonds. The van der Waals surface area contributed by atoms with Crippen LogP contribution in [0.4, 0.5) is 5.69 Å². The molecule has 0 aliphatic rings. The molecule has 0 aliphatic carbocycles. The zero-order valence-corrected chi connectivity index (χ0v) is 17.4. The van der Waals surface area contributed by atoms with Gasteiger partial charge in [0.1, 0.15) is 11.5 Å². The number of halogens is 1. The number of carbonyl (C=O) groups excluding carboxylic acids is 2. The van der Waals surface area contributed by atoms with Crippen molar-refractivity contribution in [3.63, 3.8) is 0 Å². The molecule has 0 spiro atoms. The first-order valence-electron chi connectivity index (χ1n) is 9.30. The second kappa shape index (κ2) is 10.8. The number of nitrogens with one attached hydrogen (secondary N) is 2. The average molecular weight is 438 g/mol. The molecule has 0 heterocycles. The fourth-order valence-corrected chi connectivity index (χ4v) is 2.70. The third-order valence-corrected chi connectivity index (χ3v) is 4.46. The van der Waals surface area contributed by atoms with Crippen LogP contribution in [-0.2, 0) is 4.79 Å². The fourth-order valence-electron chi connectivity index (χ4n) is 2.52. The molecule has 0 saturated heterocycles. The Morgan fingerprint density at radius 1 is 0.968 bits per heavy atom. The maximum absolute atomic E-state index is 12.1. The Hall–Kier alpha value is -3.84. The molecule has 0 saturated carbocycles. The van der Waals surface area contributed by atoms with Crippen molar-refractivity contribution in [1.29, 1.82) is 0 Å². The molecule has 0 bridgehead atoms. The lowest BCUT2D eigenvalue weighted by Crippen LogP contribution is -2.20. The van der Waals surface area contributed by atoms with E-state index in [4.69, 9.17) is 21.1 Å². The number of rotatable bonds is 8. The number of hydrogen-bond acceptors (Lipinski definition) is 5. The van der Waals surface area contributed by atoms with Crippen LogP contribution in [0, 0.1) is 0 Å². The molecule has 31 heavy (non-hydrogen) atoms. The summed E-state index contributed by atoms with van der Waals surface area (Å²) >= 11 is 6.01. The standard InChI is InChI=1S/C23H20ClN3O4/c1-30-18-12-8-17(9-13-18)23(29)27-25-14-16-6-10-19(11-7-16)31-15-22(28)26-21-5-3-2-4-20(21)24/h2-14H,15H2,1H3,(H,26,28)(H,27,29)/b25-14+. The fraction of sp³-hybridized carbons (Fsp3) is 0.0870. The normalized spacial score (nSPS) is 10.5. The highest BCUT2D eigenvalue weighted by atomic mass is 35.5. The average Bonchev–Trinajstić information content (AvgIpc) is 2.80. The highest BCUT2D eigenvalue weighted by molar-refractivity contribution is 6.33. The van der Waals surface area contributed by atoms with Gasteiger partial charge in [-0.3, -0.25) is 9.59 Å². The Balaban J connectivity index is 1.46. The number of amides is 2. The van der Waals surface area contributed by atoms with E-state index in [1.807, 2.05) is 0 Å². The molecule has 0 fully saturated rings. The van der Waals surface area contributed by atoms with Gasteiger partial charge in [0.2, 0.25) is 0 Å². The van der Waals surface area contributed by atoms with Crippen LogP contribution in [0.3, 0.4) is 0 Å². The minimum Gasteiger partial charge on any atom is -0.497 e. The van der Waals surface area contributed by atoms with Crippen molar-refractivity contribution in [2.45, 2.75) is 0 Å². The number of hydrazone groups is 1. The van der Waals surface area contributed by atoms with E-state index in [1.165, 1.54) is 6.21 Å². The van der Waals surface area contributed by atoms with E-state index >= 15 is 0 Å². The summed E-state index contributed by atoms with van der Waals surface area (Å²) in [6.07, 6.45) is 1.51. The highest BCUT2D eigenvalue weighted by Gasteiger charge is 2.06. The highest BCUT2D eigenvalue weighted by Crippen LogP contribution is 2.20. The Morgan fingerprint density at radius 3 is 2.32 bits per heavy atom. The van der Waals surface area contributed by atoms with E-state index in [0.29, 0.717) is 27.8 Å². The van der Waals surface area contributed by atoms with Gasteiger partial charge in [0, 0.05) is 5.56 Å². The maximum atomic E-state index is 12.1. The van der Waals surface area contributed by atoms with Gasteiger partial charge in [-0.05, 0) is 66.2 Å². The van der Waals surface area contributed by atoms with Crippen molar-refractivity contribution in [3.8, 4) is 11.5 Å². The van der Waals surface area contributed by atoms with E-state index in [-0.39, 0.29) is 18.4 Å². The number of hydrogen-bond donors (Lipinski definition) is 2. The Labute approximate surface area is 184 Å². The Morgan fingerprint density at radius 2 is 1.65 bits per heavy atom. The molecule has 3 aromatic carbocycles. The molecule has 3 aromatic rings. The number of ether oxygens (including phenoxy) is 2. The summed E-state index contributed by atoms with van der Waals surface area (Å²) in [6.45, 7) is -0.156. The minimum atomic E-state index is -0.330. The summed E-state index contributed by atoms with van der Waals surface area (Å²) in [5, 5.41) is 7.09.